The van der Waals surface area contributed by atoms with Crippen molar-refractivity contribution in [1.82, 2.24) is 0 Å². The Kier molecular flexibility index (Phi) is 3.18. The summed E-state index contributed by atoms with van der Waals surface area (Å²) in [6.07, 6.45) is 0. The van der Waals surface area contributed by atoms with Gasteiger partial charge in [-0.15, -0.1) is 0 Å². The lowest BCUT2D eigenvalue weighted by Gasteiger charge is -2.26. The van der Waals surface area contributed by atoms with Crippen LogP contribution in [0.1, 0.15) is 12.5 Å². The zero-order valence-corrected chi connectivity index (χ0v) is 7.93. The van der Waals surface area contributed by atoms with Crippen LogP contribution in [-0.4, -0.2) is 18.3 Å². The number of hydrogen-bond donors (Lipinski definition) is 2. The van der Waals surface area contributed by atoms with Crippen LogP contribution in [0.4, 0.5) is 8.78 Å². The van der Waals surface area contributed by atoms with Crippen molar-refractivity contribution < 1.29 is 13.9 Å². The van der Waals surface area contributed by atoms with E-state index in [0.29, 0.717) is 0 Å². The molecule has 0 saturated carbocycles. The summed E-state index contributed by atoms with van der Waals surface area (Å²) < 4.78 is 26.6. The molecule has 0 aliphatic carbocycles. The third kappa shape index (κ3) is 1.76. The molecule has 0 heterocycles. The van der Waals surface area contributed by atoms with Gasteiger partial charge in [-0.1, -0.05) is 13.0 Å². The Morgan fingerprint density at radius 2 is 1.86 bits per heavy atom. The largest absolute Gasteiger partial charge is 0.395 e. The van der Waals surface area contributed by atoms with Gasteiger partial charge in [-0.25, -0.2) is 8.78 Å². The first kappa shape index (κ1) is 11.1. The van der Waals surface area contributed by atoms with Crippen LogP contribution < -0.4 is 5.73 Å². The highest BCUT2D eigenvalue weighted by atomic mass is 19.1. The van der Waals surface area contributed by atoms with Gasteiger partial charge in [-0.2, -0.15) is 0 Å². The van der Waals surface area contributed by atoms with Crippen molar-refractivity contribution in [3.05, 3.63) is 35.4 Å². The van der Waals surface area contributed by atoms with E-state index in [-0.39, 0.29) is 18.7 Å². The van der Waals surface area contributed by atoms with Gasteiger partial charge >= 0.3 is 0 Å². The average Bonchev–Trinajstić information content (AvgIpc) is 2.17. The van der Waals surface area contributed by atoms with Crippen molar-refractivity contribution in [3.8, 4) is 0 Å². The molecule has 0 spiro atoms. The van der Waals surface area contributed by atoms with E-state index < -0.39 is 17.0 Å². The van der Waals surface area contributed by atoms with Gasteiger partial charge in [0, 0.05) is 17.5 Å². The number of nitrogens with two attached hydrogens (primary N) is 1. The van der Waals surface area contributed by atoms with Crippen LogP contribution in [0.25, 0.3) is 0 Å². The molecule has 0 aromatic heterocycles. The second kappa shape index (κ2) is 4.02. The lowest BCUT2D eigenvalue weighted by Crippen LogP contribution is -2.37. The summed E-state index contributed by atoms with van der Waals surface area (Å²) in [5.74, 6) is -1.35. The van der Waals surface area contributed by atoms with Crippen molar-refractivity contribution in [3.63, 3.8) is 0 Å². The van der Waals surface area contributed by atoms with E-state index in [1.54, 1.807) is 0 Å². The van der Waals surface area contributed by atoms with Crippen LogP contribution in [0.15, 0.2) is 18.2 Å². The average molecular weight is 201 g/mol. The second-order valence-electron chi connectivity index (χ2n) is 3.52. The molecule has 14 heavy (non-hydrogen) atoms. The molecule has 0 aliphatic heterocycles. The van der Waals surface area contributed by atoms with Crippen LogP contribution in [0.2, 0.25) is 0 Å². The zero-order chi connectivity index (χ0) is 10.8. The van der Waals surface area contributed by atoms with E-state index in [9.17, 15) is 8.78 Å². The number of halogens is 2. The molecule has 1 aromatic carbocycles. The highest BCUT2D eigenvalue weighted by Gasteiger charge is 2.30. The van der Waals surface area contributed by atoms with E-state index in [0.717, 1.165) is 12.1 Å². The molecule has 0 amide bonds. The Morgan fingerprint density at radius 1 is 1.36 bits per heavy atom. The fourth-order valence-electron chi connectivity index (χ4n) is 1.32. The molecule has 0 fully saturated rings. The summed E-state index contributed by atoms with van der Waals surface area (Å²) in [6.45, 7) is 1.12. The Morgan fingerprint density at radius 3 is 2.21 bits per heavy atom. The minimum absolute atomic E-state index is 0.0125. The van der Waals surface area contributed by atoms with E-state index in [1.807, 2.05) is 0 Å². The van der Waals surface area contributed by atoms with Crippen molar-refractivity contribution >= 4 is 0 Å². The maximum atomic E-state index is 13.3. The summed E-state index contributed by atoms with van der Waals surface area (Å²) in [7, 11) is 0. The molecular weight excluding hydrogens is 188 g/mol. The van der Waals surface area contributed by atoms with E-state index in [2.05, 4.69) is 0 Å². The van der Waals surface area contributed by atoms with Gasteiger partial charge in [0.15, 0.2) is 0 Å². The summed E-state index contributed by atoms with van der Waals surface area (Å²) >= 11 is 0. The number of hydrogen-bond acceptors (Lipinski definition) is 2. The predicted molar refractivity (Wildman–Crippen MR) is 49.9 cm³/mol. The maximum absolute atomic E-state index is 13.3. The third-order valence-electron chi connectivity index (χ3n) is 2.37. The van der Waals surface area contributed by atoms with Crippen LogP contribution in [0.3, 0.4) is 0 Å². The summed E-state index contributed by atoms with van der Waals surface area (Å²) in [5.41, 5.74) is 4.19. The van der Waals surface area contributed by atoms with Crippen molar-refractivity contribution in [2.24, 2.45) is 5.73 Å². The van der Waals surface area contributed by atoms with Crippen LogP contribution in [-0.2, 0) is 5.41 Å². The Balaban J connectivity index is 3.29. The number of rotatable bonds is 3. The monoisotopic (exact) mass is 201 g/mol. The SMILES string of the molecule is CC(CN)(CO)c1c(F)cccc1F. The normalized spacial score (nSPS) is 15.2. The summed E-state index contributed by atoms with van der Waals surface area (Å²) in [4.78, 5) is 0. The molecule has 0 aliphatic rings. The quantitative estimate of drug-likeness (QED) is 0.771. The van der Waals surface area contributed by atoms with Gasteiger partial charge in [0.05, 0.1) is 6.61 Å². The molecule has 1 unspecified atom stereocenters. The van der Waals surface area contributed by atoms with E-state index in [1.165, 1.54) is 13.0 Å². The van der Waals surface area contributed by atoms with E-state index >= 15 is 0 Å². The van der Waals surface area contributed by atoms with Gasteiger partial charge < -0.3 is 10.8 Å². The number of aliphatic hydroxyl groups excluding tert-OH is 1. The van der Waals surface area contributed by atoms with E-state index in [4.69, 9.17) is 10.8 Å². The molecular formula is C10H13F2NO. The highest BCUT2D eigenvalue weighted by Crippen LogP contribution is 2.27. The first-order valence-corrected chi connectivity index (χ1v) is 4.30. The van der Waals surface area contributed by atoms with Gasteiger partial charge in [-0.05, 0) is 12.1 Å². The molecule has 2 nitrogen and oxygen atoms in total. The van der Waals surface area contributed by atoms with Crippen molar-refractivity contribution in [2.45, 2.75) is 12.3 Å². The summed E-state index contributed by atoms with van der Waals surface area (Å²) in [5, 5.41) is 9.07. The van der Waals surface area contributed by atoms with Crippen molar-refractivity contribution in [2.75, 3.05) is 13.2 Å². The predicted octanol–water partition coefficient (Wildman–Crippen LogP) is 1.17. The third-order valence-corrected chi connectivity index (χ3v) is 2.37. The van der Waals surface area contributed by atoms with Gasteiger partial charge in [-0.3, -0.25) is 0 Å². The lowest BCUT2D eigenvalue weighted by atomic mass is 9.82. The van der Waals surface area contributed by atoms with Crippen LogP contribution in [0.5, 0.6) is 0 Å². The highest BCUT2D eigenvalue weighted by molar-refractivity contribution is 5.28. The number of benzene rings is 1. The molecule has 1 rings (SSSR count). The van der Waals surface area contributed by atoms with Gasteiger partial charge in [0.25, 0.3) is 0 Å². The molecule has 0 saturated heterocycles. The molecule has 4 heteroatoms. The number of aliphatic hydroxyl groups is 1. The molecule has 78 valence electrons. The molecule has 1 atom stereocenters. The Hall–Kier alpha value is -1.00. The Bertz CT molecular complexity index is 304. The van der Waals surface area contributed by atoms with Gasteiger partial charge in [0.2, 0.25) is 0 Å². The smallest absolute Gasteiger partial charge is 0.130 e. The first-order valence-electron chi connectivity index (χ1n) is 4.30. The standard InChI is InChI=1S/C10H13F2NO/c1-10(5-13,6-14)9-7(11)3-2-4-8(9)12/h2-4,14H,5-6,13H2,1H3. The van der Waals surface area contributed by atoms with Crippen LogP contribution >= 0.6 is 0 Å². The lowest BCUT2D eigenvalue weighted by molar-refractivity contribution is 0.202. The first-order chi connectivity index (χ1) is 6.55. The zero-order valence-electron chi connectivity index (χ0n) is 7.93. The van der Waals surface area contributed by atoms with Gasteiger partial charge in [0.1, 0.15) is 11.6 Å². The minimum atomic E-state index is -1.06. The van der Waals surface area contributed by atoms with Crippen molar-refractivity contribution in [1.29, 1.82) is 0 Å². The second-order valence-corrected chi connectivity index (χ2v) is 3.52. The maximum Gasteiger partial charge on any atom is 0.130 e. The minimum Gasteiger partial charge on any atom is -0.395 e. The fraction of sp³-hybridized carbons (Fsp3) is 0.400. The molecule has 3 N–H and O–H groups in total. The molecule has 0 radical (unpaired) electrons. The fourth-order valence-corrected chi connectivity index (χ4v) is 1.32. The van der Waals surface area contributed by atoms with Crippen LogP contribution in [0, 0.1) is 11.6 Å². The molecule has 1 aromatic rings. The molecule has 0 bridgehead atoms. The topological polar surface area (TPSA) is 46.2 Å². The summed E-state index contributed by atoms with van der Waals surface area (Å²) in [6, 6.07) is 3.59. The Labute approximate surface area is 81.4 Å².